The van der Waals surface area contributed by atoms with Crippen LogP contribution in [-0.2, 0) is 6.54 Å². The molecule has 0 unspecified atom stereocenters. The summed E-state index contributed by atoms with van der Waals surface area (Å²) in [5, 5.41) is 3.92. The first-order chi connectivity index (χ1) is 12.2. The lowest BCUT2D eigenvalue weighted by Crippen LogP contribution is -2.06. The average Bonchev–Trinajstić information content (AvgIpc) is 3.23. The van der Waals surface area contributed by atoms with E-state index in [1.165, 1.54) is 10.9 Å². The Morgan fingerprint density at radius 2 is 2.00 bits per heavy atom. The van der Waals surface area contributed by atoms with Gasteiger partial charge in [-0.15, -0.1) is 11.3 Å². The Kier molecular flexibility index (Phi) is 4.10. The first kappa shape index (κ1) is 15.6. The van der Waals surface area contributed by atoms with Crippen LogP contribution >= 0.6 is 11.3 Å². The second-order valence-electron chi connectivity index (χ2n) is 5.30. The van der Waals surface area contributed by atoms with Crippen molar-refractivity contribution in [1.29, 1.82) is 0 Å². The van der Waals surface area contributed by atoms with E-state index in [0.29, 0.717) is 22.8 Å². The predicted molar refractivity (Wildman–Crippen MR) is 91.2 cm³/mol. The van der Waals surface area contributed by atoms with Crippen molar-refractivity contribution in [2.24, 2.45) is 0 Å². The minimum absolute atomic E-state index is 0.439. The molecule has 126 valence electrons. The number of pyridine rings is 1. The van der Waals surface area contributed by atoms with Crippen LogP contribution in [0.2, 0.25) is 0 Å². The lowest BCUT2D eigenvalue weighted by Gasteiger charge is -2.06. The molecule has 25 heavy (non-hydrogen) atoms. The topological polar surface area (TPSA) is 52.8 Å². The van der Waals surface area contributed by atoms with E-state index in [-0.39, 0.29) is 0 Å². The summed E-state index contributed by atoms with van der Waals surface area (Å²) >= 11 is 1.54. The van der Waals surface area contributed by atoms with Crippen molar-refractivity contribution >= 4 is 21.6 Å². The van der Waals surface area contributed by atoms with Gasteiger partial charge in [0.1, 0.15) is 18.0 Å². The number of nitrogens with zero attached hydrogens (tertiary/aromatic N) is 4. The molecule has 0 saturated heterocycles. The molecular formula is C17H12F2N4OS. The Bertz CT molecular complexity index is 1010. The predicted octanol–water partition coefficient (Wildman–Crippen LogP) is 4.61. The van der Waals surface area contributed by atoms with Gasteiger partial charge in [0.2, 0.25) is 0 Å². The minimum atomic E-state index is -2.45. The normalized spacial score (nSPS) is 11.3. The Balaban J connectivity index is 1.57. The van der Waals surface area contributed by atoms with E-state index >= 15 is 0 Å². The third-order valence-corrected chi connectivity index (χ3v) is 4.32. The monoisotopic (exact) mass is 358 g/mol. The summed E-state index contributed by atoms with van der Waals surface area (Å²) in [6.07, 6.45) is 2.22. The fourth-order valence-corrected chi connectivity index (χ4v) is 3.11. The minimum Gasteiger partial charge on any atom is -0.457 e. The Hall–Kier alpha value is -2.87. The van der Waals surface area contributed by atoms with Gasteiger partial charge in [-0.05, 0) is 18.2 Å². The summed E-state index contributed by atoms with van der Waals surface area (Å²) in [5.74, 6) is 1.30. The van der Waals surface area contributed by atoms with Crippen molar-refractivity contribution in [3.8, 4) is 22.8 Å². The maximum atomic E-state index is 12.4. The molecule has 3 aromatic heterocycles. The second-order valence-corrected chi connectivity index (χ2v) is 6.19. The van der Waals surface area contributed by atoms with Gasteiger partial charge in [-0.2, -0.15) is 5.10 Å². The van der Waals surface area contributed by atoms with Gasteiger partial charge >= 0.3 is 0 Å². The van der Waals surface area contributed by atoms with Gasteiger partial charge in [0.25, 0.3) is 6.43 Å². The molecule has 4 rings (SSSR count). The summed E-state index contributed by atoms with van der Waals surface area (Å²) in [7, 11) is 0. The summed E-state index contributed by atoms with van der Waals surface area (Å²) in [6.45, 7) is -0.439. The molecule has 1 aromatic carbocycles. The van der Waals surface area contributed by atoms with Crippen molar-refractivity contribution in [3.63, 3.8) is 0 Å². The van der Waals surface area contributed by atoms with Crippen molar-refractivity contribution in [2.45, 2.75) is 13.0 Å². The number of hydrogen-bond acceptors (Lipinski definition) is 5. The molecule has 0 bridgehead atoms. The van der Waals surface area contributed by atoms with E-state index in [0.717, 1.165) is 10.2 Å². The highest BCUT2D eigenvalue weighted by Crippen LogP contribution is 2.29. The standard InChI is InChI=1S/C17H12F2N4OS/c18-17(19)9-23-8-11(7-22-23)15-5-13(3-4-20-15)24-12-1-2-14-16(6-12)25-10-21-14/h1-8,10,17H,9H2. The SMILES string of the molecule is FC(F)Cn1cc(-c2cc(Oc3ccc4ncsc4c3)ccn2)cn1. The highest BCUT2D eigenvalue weighted by molar-refractivity contribution is 7.16. The number of hydrogen-bond donors (Lipinski definition) is 0. The lowest BCUT2D eigenvalue weighted by molar-refractivity contribution is 0.122. The molecule has 0 atom stereocenters. The van der Waals surface area contributed by atoms with Crippen LogP contribution in [0.3, 0.4) is 0 Å². The van der Waals surface area contributed by atoms with Crippen molar-refractivity contribution in [3.05, 3.63) is 54.4 Å². The smallest absolute Gasteiger partial charge is 0.257 e. The third kappa shape index (κ3) is 3.48. The number of thiazole rings is 1. The molecule has 0 aliphatic rings. The van der Waals surface area contributed by atoms with Crippen LogP contribution in [-0.4, -0.2) is 26.2 Å². The Labute approximate surface area is 145 Å². The fourth-order valence-electron chi connectivity index (χ4n) is 2.40. The number of halogens is 2. The van der Waals surface area contributed by atoms with E-state index in [4.69, 9.17) is 4.74 Å². The van der Waals surface area contributed by atoms with Crippen molar-refractivity contribution in [1.82, 2.24) is 19.7 Å². The molecule has 0 spiro atoms. The van der Waals surface area contributed by atoms with E-state index in [1.807, 2.05) is 18.2 Å². The van der Waals surface area contributed by atoms with Gasteiger partial charge in [0.15, 0.2) is 0 Å². The first-order valence-corrected chi connectivity index (χ1v) is 8.33. The molecule has 4 aromatic rings. The van der Waals surface area contributed by atoms with Gasteiger partial charge in [0.05, 0.1) is 27.6 Å². The Morgan fingerprint density at radius 3 is 2.88 bits per heavy atom. The van der Waals surface area contributed by atoms with Crippen molar-refractivity contribution in [2.75, 3.05) is 0 Å². The molecular weight excluding hydrogens is 346 g/mol. The fraction of sp³-hybridized carbons (Fsp3) is 0.118. The van der Waals surface area contributed by atoms with Gasteiger partial charge in [-0.3, -0.25) is 9.67 Å². The van der Waals surface area contributed by atoms with Crippen molar-refractivity contribution < 1.29 is 13.5 Å². The summed E-state index contributed by atoms with van der Waals surface area (Å²) in [6, 6.07) is 9.17. The van der Waals surface area contributed by atoms with E-state index in [1.54, 1.807) is 41.4 Å². The molecule has 0 radical (unpaired) electrons. The number of alkyl halides is 2. The molecule has 0 aliphatic heterocycles. The largest absolute Gasteiger partial charge is 0.457 e. The van der Waals surface area contributed by atoms with Crippen LogP contribution in [0.5, 0.6) is 11.5 Å². The van der Waals surface area contributed by atoms with Gasteiger partial charge in [-0.25, -0.2) is 13.8 Å². The van der Waals surface area contributed by atoms with Crippen LogP contribution in [0.15, 0.2) is 54.4 Å². The highest BCUT2D eigenvalue weighted by Gasteiger charge is 2.09. The molecule has 0 amide bonds. The third-order valence-electron chi connectivity index (χ3n) is 3.52. The zero-order valence-corrected chi connectivity index (χ0v) is 13.7. The molecule has 0 saturated carbocycles. The van der Waals surface area contributed by atoms with Crippen LogP contribution in [0.4, 0.5) is 8.78 Å². The molecule has 0 N–H and O–H groups in total. The maximum Gasteiger partial charge on any atom is 0.257 e. The number of benzene rings is 1. The zero-order chi connectivity index (χ0) is 17.2. The quantitative estimate of drug-likeness (QED) is 0.523. The van der Waals surface area contributed by atoms with E-state index in [2.05, 4.69) is 15.1 Å². The van der Waals surface area contributed by atoms with Crippen LogP contribution in [0, 0.1) is 0 Å². The van der Waals surface area contributed by atoms with Crippen LogP contribution in [0.1, 0.15) is 0 Å². The van der Waals surface area contributed by atoms with E-state index < -0.39 is 13.0 Å². The number of ether oxygens (including phenoxy) is 1. The second kappa shape index (κ2) is 6.56. The summed E-state index contributed by atoms with van der Waals surface area (Å²) < 4.78 is 33.0. The van der Waals surface area contributed by atoms with Gasteiger partial charge < -0.3 is 4.74 Å². The summed E-state index contributed by atoms with van der Waals surface area (Å²) in [4.78, 5) is 8.49. The average molecular weight is 358 g/mol. The van der Waals surface area contributed by atoms with Gasteiger partial charge in [0, 0.05) is 30.1 Å². The molecule has 3 heterocycles. The maximum absolute atomic E-state index is 12.4. The number of rotatable bonds is 5. The number of fused-ring (bicyclic) bond motifs is 1. The molecule has 5 nitrogen and oxygen atoms in total. The molecule has 8 heteroatoms. The lowest BCUT2D eigenvalue weighted by atomic mass is 10.2. The summed E-state index contributed by atoms with van der Waals surface area (Å²) in [5.41, 5.74) is 3.98. The Morgan fingerprint density at radius 1 is 1.12 bits per heavy atom. The first-order valence-electron chi connectivity index (χ1n) is 7.45. The number of aromatic nitrogens is 4. The zero-order valence-electron chi connectivity index (χ0n) is 12.8. The highest BCUT2D eigenvalue weighted by atomic mass is 32.1. The van der Waals surface area contributed by atoms with E-state index in [9.17, 15) is 8.78 Å². The van der Waals surface area contributed by atoms with Crippen LogP contribution in [0.25, 0.3) is 21.5 Å². The molecule has 0 fully saturated rings. The molecule has 0 aliphatic carbocycles. The van der Waals surface area contributed by atoms with Crippen LogP contribution < -0.4 is 4.74 Å². The van der Waals surface area contributed by atoms with Gasteiger partial charge in [-0.1, -0.05) is 0 Å².